The molecule has 2 aliphatic heterocycles. The van der Waals surface area contributed by atoms with E-state index in [2.05, 4.69) is 0 Å². The van der Waals surface area contributed by atoms with Crippen LogP contribution in [0.1, 0.15) is 38.1 Å². The second-order valence-corrected chi connectivity index (χ2v) is 6.62. The Bertz CT molecular complexity index is 583. The van der Waals surface area contributed by atoms with Gasteiger partial charge in [0, 0.05) is 7.05 Å². The lowest BCUT2D eigenvalue weighted by Gasteiger charge is -2.32. The molecular formula is C15H20BNO4. The van der Waals surface area contributed by atoms with Crippen molar-refractivity contribution >= 4 is 18.5 Å². The average molecular weight is 289 g/mol. The maximum absolute atomic E-state index is 12.0. The molecule has 1 fully saturated rings. The van der Waals surface area contributed by atoms with Crippen molar-refractivity contribution < 1.29 is 18.8 Å². The Morgan fingerprint density at radius 3 is 2.38 bits per heavy atom. The van der Waals surface area contributed by atoms with Crippen LogP contribution >= 0.6 is 0 Å². The molecule has 1 aromatic carbocycles. The van der Waals surface area contributed by atoms with Gasteiger partial charge in [0.2, 0.25) is 0 Å². The summed E-state index contributed by atoms with van der Waals surface area (Å²) in [5.74, 6) is 0.557. The van der Waals surface area contributed by atoms with Crippen molar-refractivity contribution in [2.24, 2.45) is 0 Å². The Labute approximate surface area is 125 Å². The second kappa shape index (κ2) is 4.48. The van der Waals surface area contributed by atoms with Crippen LogP contribution in [0.4, 0.5) is 0 Å². The molecule has 0 aromatic heterocycles. The van der Waals surface area contributed by atoms with Gasteiger partial charge < -0.3 is 18.9 Å². The normalized spacial score (nSPS) is 23.0. The largest absolute Gasteiger partial charge is 0.494 e. The van der Waals surface area contributed by atoms with Crippen molar-refractivity contribution in [2.75, 3.05) is 13.8 Å². The minimum atomic E-state index is -0.446. The minimum absolute atomic E-state index is 0.0308. The number of nitrogens with zero attached hydrogens (tertiary/aromatic N) is 1. The van der Waals surface area contributed by atoms with Gasteiger partial charge in [0.05, 0.1) is 16.8 Å². The summed E-state index contributed by atoms with van der Waals surface area (Å²) in [5.41, 5.74) is 0.670. The SMILES string of the molecule is CN1COc2cc(B3OC(C)(C)C(C)(C)O3)ccc2C1=O. The molecule has 0 saturated carbocycles. The molecule has 5 nitrogen and oxygen atoms in total. The molecule has 0 aliphatic carbocycles. The van der Waals surface area contributed by atoms with Crippen LogP contribution in [0.5, 0.6) is 5.75 Å². The van der Waals surface area contributed by atoms with E-state index in [0.717, 1.165) is 5.46 Å². The van der Waals surface area contributed by atoms with Crippen molar-refractivity contribution in [1.29, 1.82) is 0 Å². The molecule has 0 spiro atoms. The Hall–Kier alpha value is -1.53. The van der Waals surface area contributed by atoms with Gasteiger partial charge in [-0.25, -0.2) is 0 Å². The Balaban J connectivity index is 1.91. The Morgan fingerprint density at radius 1 is 1.14 bits per heavy atom. The third kappa shape index (κ3) is 2.22. The van der Waals surface area contributed by atoms with Gasteiger partial charge in [-0.2, -0.15) is 0 Å². The fourth-order valence-electron chi connectivity index (χ4n) is 2.39. The minimum Gasteiger partial charge on any atom is -0.472 e. The molecule has 1 amide bonds. The highest BCUT2D eigenvalue weighted by atomic mass is 16.7. The summed E-state index contributed by atoms with van der Waals surface area (Å²) in [7, 11) is 1.27. The average Bonchev–Trinajstić information content (AvgIpc) is 2.63. The molecule has 0 unspecified atom stereocenters. The predicted octanol–water partition coefficient (Wildman–Crippen LogP) is 1.41. The van der Waals surface area contributed by atoms with E-state index in [9.17, 15) is 4.79 Å². The fourth-order valence-corrected chi connectivity index (χ4v) is 2.39. The van der Waals surface area contributed by atoms with E-state index in [-0.39, 0.29) is 23.8 Å². The molecule has 0 N–H and O–H groups in total. The van der Waals surface area contributed by atoms with Crippen molar-refractivity contribution in [2.45, 2.75) is 38.9 Å². The summed E-state index contributed by atoms with van der Waals surface area (Å²) in [4.78, 5) is 13.6. The van der Waals surface area contributed by atoms with E-state index in [4.69, 9.17) is 14.0 Å². The van der Waals surface area contributed by atoms with Crippen molar-refractivity contribution in [3.8, 4) is 5.75 Å². The number of fused-ring (bicyclic) bond motifs is 1. The lowest BCUT2D eigenvalue weighted by atomic mass is 9.78. The molecule has 2 heterocycles. The topological polar surface area (TPSA) is 48.0 Å². The lowest BCUT2D eigenvalue weighted by molar-refractivity contribution is 0.00578. The zero-order valence-electron chi connectivity index (χ0n) is 13.1. The number of carbonyl (C=O) groups is 1. The summed E-state index contributed by atoms with van der Waals surface area (Å²) >= 11 is 0. The van der Waals surface area contributed by atoms with Crippen LogP contribution in [-0.4, -0.2) is 42.9 Å². The number of hydrogen-bond donors (Lipinski definition) is 0. The number of amides is 1. The number of ether oxygens (including phenoxy) is 1. The molecule has 3 rings (SSSR count). The standard InChI is InChI=1S/C15H20BNO4/c1-14(2)15(3,4)21-16(20-14)10-6-7-11-12(8-10)19-9-17(5)13(11)18/h6-8H,9H2,1-5H3. The molecule has 1 saturated heterocycles. The number of rotatable bonds is 1. The molecule has 1 aromatic rings. The van der Waals surface area contributed by atoms with Crippen molar-refractivity contribution in [3.63, 3.8) is 0 Å². The van der Waals surface area contributed by atoms with E-state index in [1.54, 1.807) is 13.1 Å². The summed E-state index contributed by atoms with van der Waals surface area (Å²) in [6.07, 6.45) is 0. The van der Waals surface area contributed by atoms with Gasteiger partial charge in [-0.15, -0.1) is 0 Å². The molecule has 21 heavy (non-hydrogen) atoms. The smallest absolute Gasteiger partial charge is 0.472 e. The van der Waals surface area contributed by atoms with Crippen LogP contribution < -0.4 is 10.2 Å². The van der Waals surface area contributed by atoms with Crippen molar-refractivity contribution in [1.82, 2.24) is 4.90 Å². The fraction of sp³-hybridized carbons (Fsp3) is 0.533. The molecule has 2 aliphatic rings. The van der Waals surface area contributed by atoms with E-state index >= 15 is 0 Å². The molecule has 0 atom stereocenters. The number of hydrogen-bond acceptors (Lipinski definition) is 4. The quantitative estimate of drug-likeness (QED) is 0.733. The van der Waals surface area contributed by atoms with Gasteiger partial charge >= 0.3 is 7.12 Å². The van der Waals surface area contributed by atoms with Gasteiger partial charge in [-0.05, 0) is 45.3 Å². The van der Waals surface area contributed by atoms with Crippen LogP contribution in [0.25, 0.3) is 0 Å². The third-order valence-electron chi connectivity index (χ3n) is 4.52. The summed E-state index contributed by atoms with van der Waals surface area (Å²) in [5, 5.41) is 0. The van der Waals surface area contributed by atoms with Crippen LogP contribution in [0.15, 0.2) is 18.2 Å². The molecule has 6 heteroatoms. The van der Waals surface area contributed by atoms with Crippen LogP contribution in [0.3, 0.4) is 0 Å². The van der Waals surface area contributed by atoms with E-state index in [1.165, 1.54) is 4.90 Å². The predicted molar refractivity (Wildman–Crippen MR) is 79.7 cm³/mol. The third-order valence-corrected chi connectivity index (χ3v) is 4.52. The van der Waals surface area contributed by atoms with E-state index in [1.807, 2.05) is 39.8 Å². The number of carbonyl (C=O) groups excluding carboxylic acids is 1. The van der Waals surface area contributed by atoms with E-state index < -0.39 is 7.12 Å². The van der Waals surface area contributed by atoms with E-state index in [0.29, 0.717) is 11.3 Å². The maximum atomic E-state index is 12.0. The van der Waals surface area contributed by atoms with Gasteiger partial charge in [-0.1, -0.05) is 6.07 Å². The zero-order valence-corrected chi connectivity index (χ0v) is 13.1. The van der Waals surface area contributed by atoms with Crippen LogP contribution in [-0.2, 0) is 9.31 Å². The highest BCUT2D eigenvalue weighted by molar-refractivity contribution is 6.62. The first-order valence-corrected chi connectivity index (χ1v) is 7.09. The Morgan fingerprint density at radius 2 is 1.76 bits per heavy atom. The molecule has 0 bridgehead atoms. The van der Waals surface area contributed by atoms with Crippen molar-refractivity contribution in [3.05, 3.63) is 23.8 Å². The summed E-state index contributed by atoms with van der Waals surface area (Å²) in [6, 6.07) is 5.47. The first-order valence-electron chi connectivity index (χ1n) is 7.09. The monoisotopic (exact) mass is 289 g/mol. The number of benzene rings is 1. The maximum Gasteiger partial charge on any atom is 0.494 e. The molecular weight excluding hydrogens is 269 g/mol. The Kier molecular flexibility index (Phi) is 3.08. The summed E-state index contributed by atoms with van der Waals surface area (Å²) in [6.45, 7) is 8.32. The van der Waals surface area contributed by atoms with Gasteiger partial charge in [0.1, 0.15) is 5.75 Å². The lowest BCUT2D eigenvalue weighted by Crippen LogP contribution is -2.41. The van der Waals surface area contributed by atoms with Gasteiger partial charge in [0.25, 0.3) is 5.91 Å². The highest BCUT2D eigenvalue weighted by Gasteiger charge is 2.51. The zero-order chi connectivity index (χ0) is 15.4. The highest BCUT2D eigenvalue weighted by Crippen LogP contribution is 2.37. The van der Waals surface area contributed by atoms with Crippen LogP contribution in [0, 0.1) is 0 Å². The molecule has 112 valence electrons. The van der Waals surface area contributed by atoms with Crippen LogP contribution in [0.2, 0.25) is 0 Å². The molecule has 0 radical (unpaired) electrons. The summed E-state index contributed by atoms with van der Waals surface area (Å²) < 4.78 is 17.6. The first-order chi connectivity index (χ1) is 9.71. The first kappa shape index (κ1) is 14.4. The van der Waals surface area contributed by atoms with Gasteiger partial charge in [-0.3, -0.25) is 4.79 Å². The second-order valence-electron chi connectivity index (χ2n) is 6.62. The van der Waals surface area contributed by atoms with Gasteiger partial charge in [0.15, 0.2) is 6.73 Å².